The quantitative estimate of drug-likeness (QED) is 0.370. The maximum Gasteiger partial charge on any atom is 0.336 e. The molecule has 0 aromatic carbocycles. The highest BCUT2D eigenvalue weighted by atomic mass is 16.6. The maximum absolute atomic E-state index is 14.1. The van der Waals surface area contributed by atoms with Gasteiger partial charge in [0.25, 0.3) is 0 Å². The van der Waals surface area contributed by atoms with Gasteiger partial charge in [-0.1, -0.05) is 41.5 Å². The van der Waals surface area contributed by atoms with Gasteiger partial charge < -0.3 is 9.47 Å². The zero-order valence-electron chi connectivity index (χ0n) is 25.5. The van der Waals surface area contributed by atoms with E-state index in [4.69, 9.17) is 14.5 Å². The first-order valence-corrected chi connectivity index (χ1v) is 15.3. The Morgan fingerprint density at radius 2 is 1.35 bits per heavy atom. The summed E-state index contributed by atoms with van der Waals surface area (Å²) in [5.74, 6) is -0.735. The van der Waals surface area contributed by atoms with E-state index >= 15 is 0 Å². The van der Waals surface area contributed by atoms with E-state index in [9.17, 15) is 9.59 Å². The predicted molar refractivity (Wildman–Crippen MR) is 154 cm³/mol. The molecule has 0 amide bonds. The monoisotopic (exact) mass is 546 g/mol. The molecule has 1 aromatic heterocycles. The van der Waals surface area contributed by atoms with Crippen molar-refractivity contribution in [2.24, 2.45) is 44.4 Å². The van der Waals surface area contributed by atoms with Crippen molar-refractivity contribution in [1.82, 2.24) is 4.98 Å². The van der Waals surface area contributed by atoms with E-state index in [0.717, 1.165) is 31.2 Å². The molecular weight excluding hydrogens is 500 g/mol. The second-order valence-corrected chi connectivity index (χ2v) is 15.0. The van der Waals surface area contributed by atoms with Crippen molar-refractivity contribution in [1.29, 1.82) is 0 Å². The van der Waals surface area contributed by atoms with Gasteiger partial charge >= 0.3 is 11.9 Å². The van der Waals surface area contributed by atoms with Gasteiger partial charge in [-0.2, -0.15) is 0 Å². The van der Waals surface area contributed by atoms with Gasteiger partial charge in [-0.05, 0) is 92.7 Å². The number of allylic oxidation sites excluding steroid dienone is 1. The maximum atomic E-state index is 14.1. The molecule has 40 heavy (non-hydrogen) atoms. The molecule has 8 unspecified atom stereocenters. The third-order valence-electron chi connectivity index (χ3n) is 13.3. The van der Waals surface area contributed by atoms with Crippen LogP contribution in [0.3, 0.4) is 0 Å². The lowest BCUT2D eigenvalue weighted by atomic mass is 9.69. The summed E-state index contributed by atoms with van der Waals surface area (Å²) in [6.45, 7) is 17.6. The lowest BCUT2D eigenvalue weighted by Gasteiger charge is -2.40. The summed E-state index contributed by atoms with van der Waals surface area (Å²) in [7, 11) is 0. The van der Waals surface area contributed by atoms with Crippen molar-refractivity contribution < 1.29 is 19.1 Å². The second kappa shape index (κ2) is 9.00. The fourth-order valence-electron chi connectivity index (χ4n) is 9.56. The lowest BCUT2D eigenvalue weighted by molar-refractivity contribution is -0.160. The molecule has 0 radical (unpaired) electrons. The van der Waals surface area contributed by atoms with Crippen LogP contribution in [0.15, 0.2) is 40.8 Å². The van der Waals surface area contributed by atoms with Crippen molar-refractivity contribution in [3.8, 4) is 0 Å². The number of esters is 2. The van der Waals surface area contributed by atoms with Crippen LogP contribution >= 0.6 is 0 Å². The number of carbonyl (C=O) groups is 2. The van der Waals surface area contributed by atoms with Crippen LogP contribution in [0.25, 0.3) is 0 Å². The Morgan fingerprint density at radius 3 is 1.82 bits per heavy atom. The fraction of sp³-hybridized carbons (Fsp3) is 0.706. The minimum absolute atomic E-state index is 0.0449. The summed E-state index contributed by atoms with van der Waals surface area (Å²) < 4.78 is 12.8. The van der Waals surface area contributed by atoms with Crippen LogP contribution < -0.4 is 0 Å². The van der Waals surface area contributed by atoms with E-state index < -0.39 is 11.8 Å². The zero-order valence-corrected chi connectivity index (χ0v) is 25.5. The topological polar surface area (TPSA) is 77.9 Å². The Labute approximate surface area is 239 Å². The van der Waals surface area contributed by atoms with Crippen LogP contribution in [0.2, 0.25) is 0 Å². The average Bonchev–Trinajstić information content (AvgIpc) is 3.41. The standard InChI is InChI=1S/C34H46N2O4/c1-19-26(29(37)39-24-17-22-9-13-33(24,7)31(22,3)4)28(21-11-15-35-16-12-21)27(20(2)36-19)30(38)40-25-18-23-10-14-34(25,8)32(23,5)6/h11-12,15-16,22-26,28H,9-10,13-14,17-18H2,1-8H3. The van der Waals surface area contributed by atoms with Crippen molar-refractivity contribution in [3.63, 3.8) is 0 Å². The molecule has 4 bridgehead atoms. The first kappa shape index (κ1) is 27.7. The summed E-state index contributed by atoms with van der Waals surface area (Å²) in [6, 6.07) is 3.79. The van der Waals surface area contributed by atoms with E-state index in [1.54, 1.807) is 12.4 Å². The Balaban J connectivity index is 1.32. The number of ether oxygens (including phenoxy) is 2. The number of aliphatic imine (C=N–C) groups is 1. The summed E-state index contributed by atoms with van der Waals surface area (Å²) in [4.78, 5) is 37.3. The highest BCUT2D eigenvalue weighted by molar-refractivity contribution is 6.07. The third kappa shape index (κ3) is 3.66. The Kier molecular flexibility index (Phi) is 6.22. The zero-order chi connectivity index (χ0) is 28.8. The van der Waals surface area contributed by atoms with Gasteiger partial charge in [-0.25, -0.2) is 4.79 Å². The Bertz CT molecular complexity index is 1300. The minimum atomic E-state index is -0.688. The SMILES string of the molecule is CC1=NC(C)=C(C(=O)OC2CC3CCC2(C)C3(C)C)C(c2ccncc2)C1C(=O)OC1CC2CCC1(C)C2(C)C. The molecule has 5 aliphatic rings. The van der Waals surface area contributed by atoms with Crippen LogP contribution in [0.4, 0.5) is 0 Å². The van der Waals surface area contributed by atoms with Crippen LogP contribution in [-0.2, 0) is 19.1 Å². The number of fused-ring (bicyclic) bond motifs is 4. The number of hydrogen-bond donors (Lipinski definition) is 0. The largest absolute Gasteiger partial charge is 0.461 e. The summed E-state index contributed by atoms with van der Waals surface area (Å²) in [5, 5.41) is 0. The molecule has 8 atom stereocenters. The van der Waals surface area contributed by atoms with Gasteiger partial charge in [0.05, 0.1) is 5.57 Å². The van der Waals surface area contributed by atoms with Gasteiger partial charge in [0, 0.05) is 40.6 Å². The molecule has 0 spiro atoms. The second-order valence-electron chi connectivity index (χ2n) is 15.0. The molecule has 1 aromatic rings. The molecule has 1 aliphatic heterocycles. The molecule has 216 valence electrons. The summed E-state index contributed by atoms with van der Waals surface area (Å²) in [5.41, 5.74) is 2.80. The molecule has 4 aliphatic carbocycles. The molecule has 2 heterocycles. The number of nitrogens with zero attached hydrogens (tertiary/aromatic N) is 2. The molecule has 4 fully saturated rings. The van der Waals surface area contributed by atoms with E-state index in [0.29, 0.717) is 28.8 Å². The molecule has 0 saturated heterocycles. The first-order chi connectivity index (χ1) is 18.7. The Morgan fingerprint density at radius 1 is 0.825 bits per heavy atom. The fourth-order valence-corrected chi connectivity index (χ4v) is 9.56. The number of carbonyl (C=O) groups excluding carboxylic acids is 2. The average molecular weight is 547 g/mol. The van der Waals surface area contributed by atoms with Gasteiger partial charge in [-0.3, -0.25) is 14.8 Å². The van der Waals surface area contributed by atoms with Crippen molar-refractivity contribution in [2.45, 2.75) is 112 Å². The molecule has 6 heteroatoms. The molecule has 6 rings (SSSR count). The van der Waals surface area contributed by atoms with Crippen molar-refractivity contribution in [3.05, 3.63) is 41.4 Å². The van der Waals surface area contributed by atoms with E-state index in [1.807, 2.05) is 26.0 Å². The molecule has 0 N–H and O–H groups in total. The van der Waals surface area contributed by atoms with E-state index in [1.165, 1.54) is 12.8 Å². The number of pyridine rings is 1. The van der Waals surface area contributed by atoms with Crippen LogP contribution in [-0.4, -0.2) is 34.8 Å². The number of aromatic nitrogens is 1. The van der Waals surface area contributed by atoms with Gasteiger partial charge in [0.15, 0.2) is 0 Å². The molecule has 6 nitrogen and oxygen atoms in total. The van der Waals surface area contributed by atoms with E-state index in [2.05, 4.69) is 46.5 Å². The minimum Gasteiger partial charge on any atom is -0.461 e. The highest BCUT2D eigenvalue weighted by Crippen LogP contribution is 2.67. The van der Waals surface area contributed by atoms with Crippen LogP contribution in [0.5, 0.6) is 0 Å². The van der Waals surface area contributed by atoms with Gasteiger partial charge in [0.2, 0.25) is 0 Å². The smallest absolute Gasteiger partial charge is 0.336 e. The Hall–Kier alpha value is -2.50. The highest BCUT2D eigenvalue weighted by Gasteiger charge is 2.64. The van der Waals surface area contributed by atoms with Gasteiger partial charge in [0.1, 0.15) is 18.1 Å². The molecular formula is C34H46N2O4. The van der Waals surface area contributed by atoms with Gasteiger partial charge in [-0.15, -0.1) is 0 Å². The van der Waals surface area contributed by atoms with Crippen LogP contribution in [0.1, 0.15) is 105 Å². The normalized spacial score (nSPS) is 40.8. The summed E-state index contributed by atoms with van der Waals surface area (Å²) >= 11 is 0. The molecule has 4 saturated carbocycles. The predicted octanol–water partition coefficient (Wildman–Crippen LogP) is 7.05. The van der Waals surface area contributed by atoms with E-state index in [-0.39, 0.29) is 45.8 Å². The third-order valence-corrected chi connectivity index (χ3v) is 13.3. The lowest BCUT2D eigenvalue weighted by Crippen LogP contribution is -2.43. The van der Waals surface area contributed by atoms with Crippen LogP contribution in [0, 0.1) is 39.4 Å². The summed E-state index contributed by atoms with van der Waals surface area (Å²) in [6.07, 6.45) is 9.49. The van der Waals surface area contributed by atoms with Crippen molar-refractivity contribution in [2.75, 3.05) is 0 Å². The number of hydrogen-bond acceptors (Lipinski definition) is 6. The number of rotatable bonds is 5. The first-order valence-electron chi connectivity index (χ1n) is 15.3. The van der Waals surface area contributed by atoms with Crippen molar-refractivity contribution >= 4 is 17.7 Å².